The molecule has 0 saturated carbocycles. The van der Waals surface area contributed by atoms with Gasteiger partial charge in [-0.3, -0.25) is 9.29 Å². The van der Waals surface area contributed by atoms with Crippen LogP contribution in [0.25, 0.3) is 11.1 Å². The minimum atomic E-state index is -3.76. The van der Waals surface area contributed by atoms with Crippen LogP contribution in [-0.2, 0) is 16.6 Å². The topological polar surface area (TPSA) is 81.3 Å². The summed E-state index contributed by atoms with van der Waals surface area (Å²) in [5.74, 6) is -0.502. The molecule has 0 saturated heterocycles. The highest BCUT2D eigenvalue weighted by Gasteiger charge is 2.17. The SMILES string of the molecule is CCn1c(=O)oc2cc(S(=O)(=O)Nc3ccc(Br)cc3)ccc21. The van der Waals surface area contributed by atoms with E-state index in [-0.39, 0.29) is 10.5 Å². The second-order valence-corrected chi connectivity index (χ2v) is 7.45. The smallest absolute Gasteiger partial charge is 0.408 e. The van der Waals surface area contributed by atoms with Crippen molar-refractivity contribution in [2.75, 3.05) is 4.72 Å². The number of nitrogens with zero attached hydrogens (tertiary/aromatic N) is 1. The maximum absolute atomic E-state index is 12.4. The van der Waals surface area contributed by atoms with Gasteiger partial charge in [-0.2, -0.15) is 0 Å². The van der Waals surface area contributed by atoms with Crippen LogP contribution in [0.3, 0.4) is 0 Å². The number of hydrogen-bond acceptors (Lipinski definition) is 4. The highest BCUT2D eigenvalue weighted by Crippen LogP contribution is 2.22. The lowest BCUT2D eigenvalue weighted by Crippen LogP contribution is -2.13. The maximum Gasteiger partial charge on any atom is 0.419 e. The predicted molar refractivity (Wildman–Crippen MR) is 91.1 cm³/mol. The van der Waals surface area contributed by atoms with Gasteiger partial charge in [-0.1, -0.05) is 15.9 Å². The number of hydrogen-bond donors (Lipinski definition) is 1. The number of aryl methyl sites for hydroxylation is 1. The summed E-state index contributed by atoms with van der Waals surface area (Å²) in [7, 11) is -3.76. The van der Waals surface area contributed by atoms with Crippen molar-refractivity contribution in [1.82, 2.24) is 4.57 Å². The average Bonchev–Trinajstić information content (AvgIpc) is 2.83. The first kappa shape index (κ1) is 15.8. The summed E-state index contributed by atoms with van der Waals surface area (Å²) < 4.78 is 34.8. The molecule has 120 valence electrons. The number of benzene rings is 2. The Morgan fingerprint density at radius 2 is 1.87 bits per heavy atom. The molecule has 0 spiro atoms. The van der Waals surface area contributed by atoms with E-state index in [0.29, 0.717) is 17.7 Å². The van der Waals surface area contributed by atoms with Gasteiger partial charge in [0.15, 0.2) is 5.58 Å². The van der Waals surface area contributed by atoms with E-state index in [1.807, 2.05) is 6.92 Å². The molecule has 0 aliphatic rings. The first-order valence-electron chi connectivity index (χ1n) is 6.82. The van der Waals surface area contributed by atoms with Crippen LogP contribution in [0.15, 0.2) is 61.0 Å². The van der Waals surface area contributed by atoms with Crippen molar-refractivity contribution in [2.45, 2.75) is 18.4 Å². The van der Waals surface area contributed by atoms with Crippen molar-refractivity contribution in [1.29, 1.82) is 0 Å². The van der Waals surface area contributed by atoms with Crippen molar-refractivity contribution in [3.63, 3.8) is 0 Å². The Bertz CT molecular complexity index is 1020. The lowest BCUT2D eigenvalue weighted by atomic mass is 10.3. The van der Waals surface area contributed by atoms with Gasteiger partial charge in [-0.05, 0) is 43.3 Å². The summed E-state index contributed by atoms with van der Waals surface area (Å²) >= 11 is 3.29. The fraction of sp³-hybridized carbons (Fsp3) is 0.133. The lowest BCUT2D eigenvalue weighted by Gasteiger charge is -2.08. The van der Waals surface area contributed by atoms with Crippen LogP contribution in [0.4, 0.5) is 5.69 Å². The molecule has 3 aromatic rings. The molecule has 8 heteroatoms. The van der Waals surface area contributed by atoms with Crippen LogP contribution >= 0.6 is 15.9 Å². The zero-order chi connectivity index (χ0) is 16.6. The molecule has 3 rings (SSSR count). The number of halogens is 1. The van der Waals surface area contributed by atoms with Crippen molar-refractivity contribution in [3.8, 4) is 0 Å². The molecule has 1 N–H and O–H groups in total. The standard InChI is InChI=1S/C15H13BrN2O4S/c1-2-18-13-8-7-12(9-14(13)22-15(18)19)23(20,21)17-11-5-3-10(16)4-6-11/h3-9,17H,2H2,1H3. The summed E-state index contributed by atoms with van der Waals surface area (Å²) in [5, 5.41) is 0. The molecule has 0 atom stereocenters. The Labute approximate surface area is 140 Å². The quantitative estimate of drug-likeness (QED) is 0.733. The molecule has 0 radical (unpaired) electrons. The number of fused-ring (bicyclic) bond motifs is 1. The Kier molecular flexibility index (Phi) is 4.03. The van der Waals surface area contributed by atoms with Crippen molar-refractivity contribution < 1.29 is 12.8 Å². The normalized spacial score (nSPS) is 11.7. The number of aromatic nitrogens is 1. The zero-order valence-electron chi connectivity index (χ0n) is 12.1. The van der Waals surface area contributed by atoms with E-state index in [1.165, 1.54) is 16.7 Å². The summed E-state index contributed by atoms with van der Waals surface area (Å²) in [5.41, 5.74) is 1.26. The van der Waals surface area contributed by atoms with Gasteiger partial charge >= 0.3 is 5.76 Å². The van der Waals surface area contributed by atoms with E-state index in [9.17, 15) is 13.2 Å². The molecular formula is C15H13BrN2O4S. The summed E-state index contributed by atoms with van der Waals surface area (Å²) in [6.45, 7) is 2.27. The maximum atomic E-state index is 12.4. The van der Waals surface area contributed by atoms with E-state index in [4.69, 9.17) is 4.42 Å². The molecular weight excluding hydrogens is 384 g/mol. The van der Waals surface area contributed by atoms with Gasteiger partial charge in [0.25, 0.3) is 10.0 Å². The van der Waals surface area contributed by atoms with Gasteiger partial charge in [0.05, 0.1) is 10.4 Å². The number of sulfonamides is 1. The summed E-state index contributed by atoms with van der Waals surface area (Å²) in [6.07, 6.45) is 0. The lowest BCUT2D eigenvalue weighted by molar-refractivity contribution is 0.512. The number of anilines is 1. The van der Waals surface area contributed by atoms with E-state index in [1.54, 1.807) is 30.3 Å². The Balaban J connectivity index is 2.01. The van der Waals surface area contributed by atoms with E-state index < -0.39 is 15.8 Å². The van der Waals surface area contributed by atoms with Gasteiger partial charge in [-0.25, -0.2) is 13.2 Å². The third-order valence-electron chi connectivity index (χ3n) is 3.36. The van der Waals surface area contributed by atoms with Crippen molar-refractivity contribution in [2.24, 2.45) is 0 Å². The average molecular weight is 397 g/mol. The Morgan fingerprint density at radius 3 is 2.52 bits per heavy atom. The largest absolute Gasteiger partial charge is 0.419 e. The number of oxazole rings is 1. The molecule has 1 heterocycles. The van der Waals surface area contributed by atoms with Crippen LogP contribution in [0.5, 0.6) is 0 Å². The van der Waals surface area contributed by atoms with Crippen LogP contribution < -0.4 is 10.5 Å². The monoisotopic (exact) mass is 396 g/mol. The molecule has 0 amide bonds. The highest BCUT2D eigenvalue weighted by atomic mass is 79.9. The number of nitrogens with one attached hydrogen (secondary N) is 1. The molecule has 2 aromatic carbocycles. The third-order valence-corrected chi connectivity index (χ3v) is 5.27. The first-order valence-corrected chi connectivity index (χ1v) is 9.10. The summed E-state index contributed by atoms with van der Waals surface area (Å²) in [6, 6.07) is 11.1. The minimum Gasteiger partial charge on any atom is -0.408 e. The van der Waals surface area contributed by atoms with E-state index in [0.717, 1.165) is 4.47 Å². The van der Waals surface area contributed by atoms with Crippen molar-refractivity contribution >= 4 is 42.7 Å². The second kappa shape index (κ2) is 5.86. The van der Waals surface area contributed by atoms with Crippen LogP contribution in [0.2, 0.25) is 0 Å². The molecule has 0 unspecified atom stereocenters. The van der Waals surface area contributed by atoms with E-state index in [2.05, 4.69) is 20.7 Å². The molecule has 0 aliphatic carbocycles. The van der Waals surface area contributed by atoms with Crippen LogP contribution in [0.1, 0.15) is 6.92 Å². The van der Waals surface area contributed by atoms with Gasteiger partial charge in [0.2, 0.25) is 0 Å². The molecule has 0 bridgehead atoms. The minimum absolute atomic E-state index is 0.0323. The Hall–Kier alpha value is -2.06. The second-order valence-electron chi connectivity index (χ2n) is 4.85. The molecule has 0 fully saturated rings. The van der Waals surface area contributed by atoms with Crippen LogP contribution in [-0.4, -0.2) is 13.0 Å². The van der Waals surface area contributed by atoms with Gasteiger partial charge in [0, 0.05) is 22.8 Å². The van der Waals surface area contributed by atoms with Gasteiger partial charge in [0.1, 0.15) is 0 Å². The molecule has 0 aliphatic heterocycles. The molecule has 1 aromatic heterocycles. The zero-order valence-corrected chi connectivity index (χ0v) is 14.5. The van der Waals surface area contributed by atoms with Gasteiger partial charge < -0.3 is 4.42 Å². The fourth-order valence-electron chi connectivity index (χ4n) is 2.25. The van der Waals surface area contributed by atoms with Crippen molar-refractivity contribution in [3.05, 3.63) is 57.5 Å². The van der Waals surface area contributed by atoms with Crippen LogP contribution in [0, 0.1) is 0 Å². The third kappa shape index (κ3) is 3.04. The van der Waals surface area contributed by atoms with Gasteiger partial charge in [-0.15, -0.1) is 0 Å². The Morgan fingerprint density at radius 1 is 1.17 bits per heavy atom. The first-order chi connectivity index (χ1) is 10.9. The molecule has 23 heavy (non-hydrogen) atoms. The predicted octanol–water partition coefficient (Wildman–Crippen LogP) is 3.18. The van der Waals surface area contributed by atoms with E-state index >= 15 is 0 Å². The highest BCUT2D eigenvalue weighted by molar-refractivity contribution is 9.10. The fourth-order valence-corrected chi connectivity index (χ4v) is 3.58. The molecule has 6 nitrogen and oxygen atoms in total. The number of rotatable bonds is 4. The summed E-state index contributed by atoms with van der Waals surface area (Å²) in [4.78, 5) is 11.7.